The van der Waals surface area contributed by atoms with Crippen LogP contribution in [0.2, 0.25) is 5.15 Å². The smallest absolute Gasteiger partial charge is 0.338 e. The van der Waals surface area contributed by atoms with Crippen LogP contribution in [0.4, 0.5) is 0 Å². The SMILES string of the molecule is CC(C)C(C)OC(=O)c1cc(Cl)nc(C(C)(C)C)c1. The van der Waals surface area contributed by atoms with E-state index in [2.05, 4.69) is 4.98 Å². The van der Waals surface area contributed by atoms with Gasteiger partial charge in [-0.3, -0.25) is 0 Å². The Labute approximate surface area is 120 Å². The summed E-state index contributed by atoms with van der Waals surface area (Å²) in [6.45, 7) is 12.0. The van der Waals surface area contributed by atoms with Crippen molar-refractivity contribution in [3.8, 4) is 0 Å². The van der Waals surface area contributed by atoms with Gasteiger partial charge in [-0.25, -0.2) is 9.78 Å². The molecule has 1 atom stereocenters. The molecule has 0 amide bonds. The molecule has 0 aliphatic carbocycles. The molecule has 1 aromatic rings. The number of hydrogen-bond donors (Lipinski definition) is 0. The molecule has 19 heavy (non-hydrogen) atoms. The minimum Gasteiger partial charge on any atom is -0.459 e. The summed E-state index contributed by atoms with van der Waals surface area (Å²) in [6.07, 6.45) is -0.127. The van der Waals surface area contributed by atoms with E-state index in [9.17, 15) is 4.79 Å². The Morgan fingerprint density at radius 3 is 2.32 bits per heavy atom. The molecule has 1 rings (SSSR count). The first-order valence-corrected chi connectivity index (χ1v) is 6.88. The van der Waals surface area contributed by atoms with Crippen LogP contribution < -0.4 is 0 Å². The third-order valence-electron chi connectivity index (χ3n) is 3.03. The number of carbonyl (C=O) groups is 1. The van der Waals surface area contributed by atoms with E-state index in [4.69, 9.17) is 16.3 Å². The molecular weight excluding hydrogens is 262 g/mol. The Balaban J connectivity index is 3.01. The zero-order chi connectivity index (χ0) is 14.8. The van der Waals surface area contributed by atoms with E-state index < -0.39 is 0 Å². The molecule has 4 heteroatoms. The molecule has 1 aromatic heterocycles. The molecule has 1 heterocycles. The van der Waals surface area contributed by atoms with Gasteiger partial charge in [0.2, 0.25) is 0 Å². The van der Waals surface area contributed by atoms with Crippen molar-refractivity contribution in [2.24, 2.45) is 5.92 Å². The molecule has 0 radical (unpaired) electrons. The van der Waals surface area contributed by atoms with E-state index in [0.717, 1.165) is 5.69 Å². The maximum Gasteiger partial charge on any atom is 0.338 e. The first-order chi connectivity index (χ1) is 8.61. The number of halogens is 1. The quantitative estimate of drug-likeness (QED) is 0.615. The fourth-order valence-electron chi connectivity index (χ4n) is 1.37. The first-order valence-electron chi connectivity index (χ1n) is 6.50. The van der Waals surface area contributed by atoms with Crippen LogP contribution in [-0.2, 0) is 10.2 Å². The Bertz CT molecular complexity index is 464. The molecule has 0 aliphatic rings. The molecule has 1 unspecified atom stereocenters. The Morgan fingerprint density at radius 2 is 1.84 bits per heavy atom. The molecule has 106 valence electrons. The summed E-state index contributed by atoms with van der Waals surface area (Å²) >= 11 is 5.98. The highest BCUT2D eigenvalue weighted by Crippen LogP contribution is 2.24. The molecule has 0 saturated carbocycles. The van der Waals surface area contributed by atoms with E-state index in [1.54, 1.807) is 12.1 Å². The van der Waals surface area contributed by atoms with Gasteiger partial charge >= 0.3 is 5.97 Å². The van der Waals surface area contributed by atoms with E-state index in [-0.39, 0.29) is 23.4 Å². The van der Waals surface area contributed by atoms with Gasteiger partial charge in [-0.1, -0.05) is 46.2 Å². The van der Waals surface area contributed by atoms with E-state index in [1.165, 1.54) is 0 Å². The fraction of sp³-hybridized carbons (Fsp3) is 0.600. The summed E-state index contributed by atoms with van der Waals surface area (Å²) in [6, 6.07) is 3.30. The van der Waals surface area contributed by atoms with Crippen molar-refractivity contribution in [3.05, 3.63) is 28.5 Å². The van der Waals surface area contributed by atoms with Crippen molar-refractivity contribution in [1.82, 2.24) is 4.98 Å². The summed E-state index contributed by atoms with van der Waals surface area (Å²) in [5.74, 6) is -0.0701. The van der Waals surface area contributed by atoms with Gasteiger partial charge in [0.1, 0.15) is 11.3 Å². The zero-order valence-corrected chi connectivity index (χ0v) is 13.2. The zero-order valence-electron chi connectivity index (χ0n) is 12.5. The number of pyridine rings is 1. The number of aromatic nitrogens is 1. The van der Waals surface area contributed by atoms with Crippen LogP contribution in [0.3, 0.4) is 0 Å². The lowest BCUT2D eigenvalue weighted by Crippen LogP contribution is -2.21. The van der Waals surface area contributed by atoms with Crippen LogP contribution in [0, 0.1) is 5.92 Å². The highest BCUT2D eigenvalue weighted by Gasteiger charge is 2.21. The van der Waals surface area contributed by atoms with Gasteiger partial charge in [0, 0.05) is 11.1 Å². The van der Waals surface area contributed by atoms with Crippen molar-refractivity contribution in [1.29, 1.82) is 0 Å². The summed E-state index contributed by atoms with van der Waals surface area (Å²) in [4.78, 5) is 16.3. The molecule has 0 spiro atoms. The number of carbonyl (C=O) groups excluding carboxylic acids is 1. The average Bonchev–Trinajstić information content (AvgIpc) is 2.26. The Kier molecular flexibility index (Phi) is 4.97. The van der Waals surface area contributed by atoms with Crippen LogP contribution in [0.1, 0.15) is 57.6 Å². The highest BCUT2D eigenvalue weighted by molar-refractivity contribution is 6.29. The molecule has 0 N–H and O–H groups in total. The second-order valence-electron chi connectivity index (χ2n) is 6.17. The number of ether oxygens (including phenoxy) is 1. The molecule has 0 saturated heterocycles. The molecule has 0 aliphatic heterocycles. The van der Waals surface area contributed by atoms with Crippen molar-refractivity contribution in [3.63, 3.8) is 0 Å². The highest BCUT2D eigenvalue weighted by atomic mass is 35.5. The van der Waals surface area contributed by atoms with Crippen LogP contribution in [0.25, 0.3) is 0 Å². The molecule has 0 fully saturated rings. The molecule has 0 aromatic carbocycles. The minimum atomic E-state index is -0.351. The summed E-state index contributed by atoms with van der Waals surface area (Å²) in [5, 5.41) is 0.316. The van der Waals surface area contributed by atoms with E-state index in [0.29, 0.717) is 10.7 Å². The lowest BCUT2D eigenvalue weighted by atomic mass is 9.91. The van der Waals surface area contributed by atoms with Crippen LogP contribution >= 0.6 is 11.6 Å². The van der Waals surface area contributed by atoms with Crippen molar-refractivity contribution in [2.75, 3.05) is 0 Å². The first kappa shape index (κ1) is 16.0. The van der Waals surface area contributed by atoms with E-state index in [1.807, 2.05) is 41.5 Å². The Hall–Kier alpha value is -1.09. The van der Waals surface area contributed by atoms with Gasteiger partial charge < -0.3 is 4.74 Å². The molecule has 0 bridgehead atoms. The maximum atomic E-state index is 12.1. The average molecular weight is 284 g/mol. The third-order valence-corrected chi connectivity index (χ3v) is 3.22. The predicted molar refractivity (Wildman–Crippen MR) is 77.7 cm³/mol. The minimum absolute atomic E-state index is 0.127. The number of hydrogen-bond acceptors (Lipinski definition) is 3. The van der Waals surface area contributed by atoms with Crippen molar-refractivity contribution < 1.29 is 9.53 Å². The van der Waals surface area contributed by atoms with Crippen LogP contribution in [0.5, 0.6) is 0 Å². The third kappa shape index (κ3) is 4.50. The van der Waals surface area contributed by atoms with Crippen molar-refractivity contribution in [2.45, 2.75) is 53.1 Å². The van der Waals surface area contributed by atoms with Gasteiger partial charge in [0.25, 0.3) is 0 Å². The number of rotatable bonds is 3. The second kappa shape index (κ2) is 5.91. The monoisotopic (exact) mass is 283 g/mol. The normalized spacial score (nSPS) is 13.5. The summed E-state index contributed by atoms with van der Waals surface area (Å²) in [7, 11) is 0. The van der Waals surface area contributed by atoms with Gasteiger partial charge in [-0.15, -0.1) is 0 Å². The standard InChI is InChI=1S/C15H22ClNO2/c1-9(2)10(3)19-14(18)11-7-12(15(4,5)6)17-13(16)8-11/h7-10H,1-6H3. The van der Waals surface area contributed by atoms with Gasteiger partial charge in [0.15, 0.2) is 0 Å². The van der Waals surface area contributed by atoms with Crippen LogP contribution in [0.15, 0.2) is 12.1 Å². The number of nitrogens with zero attached hydrogens (tertiary/aromatic N) is 1. The lowest BCUT2D eigenvalue weighted by Gasteiger charge is -2.20. The van der Waals surface area contributed by atoms with Gasteiger partial charge in [-0.2, -0.15) is 0 Å². The lowest BCUT2D eigenvalue weighted by molar-refractivity contribution is 0.0237. The Morgan fingerprint density at radius 1 is 1.26 bits per heavy atom. The predicted octanol–water partition coefficient (Wildman–Crippen LogP) is 4.23. The van der Waals surface area contributed by atoms with Crippen molar-refractivity contribution >= 4 is 17.6 Å². The van der Waals surface area contributed by atoms with Gasteiger partial charge in [0.05, 0.1) is 5.56 Å². The maximum absolute atomic E-state index is 12.1. The van der Waals surface area contributed by atoms with Gasteiger partial charge in [-0.05, 0) is 25.0 Å². The summed E-state index contributed by atoms with van der Waals surface area (Å²) < 4.78 is 5.40. The second-order valence-corrected chi connectivity index (χ2v) is 6.56. The molecule has 3 nitrogen and oxygen atoms in total. The largest absolute Gasteiger partial charge is 0.459 e. The number of esters is 1. The molecular formula is C15H22ClNO2. The fourth-order valence-corrected chi connectivity index (χ4v) is 1.58. The van der Waals surface area contributed by atoms with Crippen LogP contribution in [-0.4, -0.2) is 17.1 Å². The topological polar surface area (TPSA) is 39.2 Å². The van der Waals surface area contributed by atoms with E-state index >= 15 is 0 Å². The summed E-state index contributed by atoms with van der Waals surface area (Å²) in [5.41, 5.74) is 1.07.